The summed E-state index contributed by atoms with van der Waals surface area (Å²) in [7, 11) is 3.12. The number of rotatable bonds is 7. The zero-order chi connectivity index (χ0) is 20.8. The predicted molar refractivity (Wildman–Crippen MR) is 101 cm³/mol. The molecule has 10 nitrogen and oxygen atoms in total. The van der Waals surface area contributed by atoms with Gasteiger partial charge in [0.25, 0.3) is 11.6 Å². The van der Waals surface area contributed by atoms with Gasteiger partial charge in [0.15, 0.2) is 6.61 Å². The molecule has 148 valence electrons. The molecule has 1 N–H and O–H groups in total. The maximum absolute atomic E-state index is 12.0. The molecule has 0 aliphatic heterocycles. The lowest BCUT2D eigenvalue weighted by Gasteiger charge is -2.09. The monoisotopic (exact) mass is 388 g/mol. The Morgan fingerprint density at radius 1 is 1.36 bits per heavy atom. The molecule has 0 spiro atoms. The smallest absolute Gasteiger partial charge is 0.331 e. The van der Waals surface area contributed by atoms with Crippen molar-refractivity contribution in [1.29, 1.82) is 0 Å². The number of carbonyl (C=O) groups excluding carboxylic acids is 2. The average molecular weight is 388 g/mol. The van der Waals surface area contributed by atoms with E-state index in [-0.39, 0.29) is 17.1 Å². The van der Waals surface area contributed by atoms with Crippen LogP contribution in [0.3, 0.4) is 0 Å². The Hall–Kier alpha value is -3.69. The summed E-state index contributed by atoms with van der Waals surface area (Å²) in [5.74, 6) is -1.17. The first-order valence-electron chi connectivity index (χ1n) is 8.20. The predicted octanol–water partition coefficient (Wildman–Crippen LogP) is 2.15. The van der Waals surface area contributed by atoms with E-state index < -0.39 is 23.4 Å². The van der Waals surface area contributed by atoms with Crippen LogP contribution in [-0.2, 0) is 21.4 Å². The van der Waals surface area contributed by atoms with Gasteiger partial charge in [-0.15, -0.1) is 0 Å². The van der Waals surface area contributed by atoms with Crippen LogP contribution in [-0.4, -0.2) is 40.3 Å². The van der Waals surface area contributed by atoms with E-state index in [0.717, 1.165) is 17.0 Å². The van der Waals surface area contributed by atoms with Crippen molar-refractivity contribution in [3.8, 4) is 5.75 Å². The molecule has 10 heteroatoms. The normalized spacial score (nSPS) is 10.7. The van der Waals surface area contributed by atoms with Crippen LogP contribution in [0.1, 0.15) is 17.0 Å². The molecule has 1 aromatic heterocycles. The number of non-ortho nitro benzene ring substituents is 1. The number of esters is 1. The first-order valence-corrected chi connectivity index (χ1v) is 8.20. The number of nitrogens with one attached hydrogen (secondary N) is 1. The van der Waals surface area contributed by atoms with Crippen LogP contribution in [0.25, 0.3) is 6.08 Å². The van der Waals surface area contributed by atoms with Crippen LogP contribution in [0.5, 0.6) is 5.75 Å². The van der Waals surface area contributed by atoms with Crippen LogP contribution < -0.4 is 10.1 Å². The van der Waals surface area contributed by atoms with Crippen LogP contribution in [0.2, 0.25) is 0 Å². The van der Waals surface area contributed by atoms with Crippen LogP contribution in [0.15, 0.2) is 24.3 Å². The zero-order valence-electron chi connectivity index (χ0n) is 15.9. The number of nitrogens with zero attached hydrogens (tertiary/aromatic N) is 3. The van der Waals surface area contributed by atoms with Crippen molar-refractivity contribution in [2.24, 2.45) is 7.05 Å². The molecule has 1 amide bonds. The molecular weight excluding hydrogens is 368 g/mol. The molecule has 2 rings (SSSR count). The first-order chi connectivity index (χ1) is 13.2. The molecular formula is C18H20N4O6. The Morgan fingerprint density at radius 2 is 2.07 bits per heavy atom. The number of nitro groups is 1. The van der Waals surface area contributed by atoms with E-state index in [1.54, 1.807) is 17.8 Å². The van der Waals surface area contributed by atoms with E-state index in [4.69, 9.17) is 9.47 Å². The summed E-state index contributed by atoms with van der Waals surface area (Å²) < 4.78 is 11.6. The Kier molecular flexibility index (Phi) is 6.48. The minimum absolute atomic E-state index is 0.122. The van der Waals surface area contributed by atoms with E-state index in [1.807, 2.05) is 13.8 Å². The van der Waals surface area contributed by atoms with Crippen LogP contribution in [0.4, 0.5) is 11.4 Å². The summed E-state index contributed by atoms with van der Waals surface area (Å²) in [6.07, 6.45) is 2.80. The molecule has 0 aliphatic carbocycles. The van der Waals surface area contributed by atoms with Gasteiger partial charge in [-0.2, -0.15) is 5.10 Å². The summed E-state index contributed by atoms with van der Waals surface area (Å²) in [4.78, 5) is 34.0. The number of aryl methyl sites for hydroxylation is 2. The van der Waals surface area contributed by atoms with E-state index >= 15 is 0 Å². The number of hydrogen-bond donors (Lipinski definition) is 1. The number of nitro benzene ring substituents is 1. The van der Waals surface area contributed by atoms with Crippen molar-refractivity contribution in [2.75, 3.05) is 19.0 Å². The lowest BCUT2D eigenvalue weighted by atomic mass is 10.2. The Morgan fingerprint density at radius 3 is 2.64 bits per heavy atom. The lowest BCUT2D eigenvalue weighted by Crippen LogP contribution is -2.20. The van der Waals surface area contributed by atoms with Gasteiger partial charge < -0.3 is 14.8 Å². The largest absolute Gasteiger partial charge is 0.494 e. The van der Waals surface area contributed by atoms with Crippen molar-refractivity contribution in [1.82, 2.24) is 9.78 Å². The Balaban J connectivity index is 1.94. The average Bonchev–Trinajstić information content (AvgIpc) is 2.90. The molecule has 0 aliphatic rings. The van der Waals surface area contributed by atoms with E-state index in [1.165, 1.54) is 31.4 Å². The highest BCUT2D eigenvalue weighted by Gasteiger charge is 2.14. The second kappa shape index (κ2) is 8.80. The molecule has 0 radical (unpaired) electrons. The highest BCUT2D eigenvalue weighted by Crippen LogP contribution is 2.28. The number of aromatic nitrogens is 2. The Labute approximate surface area is 160 Å². The molecule has 0 saturated heterocycles. The molecule has 1 aromatic carbocycles. The second-order valence-electron chi connectivity index (χ2n) is 5.84. The lowest BCUT2D eigenvalue weighted by molar-refractivity contribution is -0.384. The SMILES string of the molecule is COc1cc([N+](=O)[O-])ccc1NC(=O)COC(=O)/C=C/c1c(C)nn(C)c1C. The minimum Gasteiger partial charge on any atom is -0.494 e. The van der Waals surface area contributed by atoms with Gasteiger partial charge in [0.2, 0.25) is 0 Å². The first kappa shape index (κ1) is 20.6. The van der Waals surface area contributed by atoms with Crippen LogP contribution in [0, 0.1) is 24.0 Å². The van der Waals surface area contributed by atoms with Gasteiger partial charge >= 0.3 is 5.97 Å². The molecule has 0 unspecified atom stereocenters. The fourth-order valence-electron chi connectivity index (χ4n) is 2.45. The third kappa shape index (κ3) is 4.93. The zero-order valence-corrected chi connectivity index (χ0v) is 15.9. The number of methoxy groups -OCH3 is 1. The summed E-state index contributed by atoms with van der Waals surface area (Å²) in [5, 5.41) is 17.5. The number of benzene rings is 1. The minimum atomic E-state index is -0.687. The van der Waals surface area contributed by atoms with E-state index in [9.17, 15) is 19.7 Å². The third-order valence-electron chi connectivity index (χ3n) is 3.97. The number of ether oxygens (including phenoxy) is 2. The summed E-state index contributed by atoms with van der Waals surface area (Å²) in [6, 6.07) is 3.75. The van der Waals surface area contributed by atoms with Gasteiger partial charge in [-0.1, -0.05) is 0 Å². The van der Waals surface area contributed by atoms with Crippen molar-refractivity contribution in [3.63, 3.8) is 0 Å². The number of anilines is 1. The van der Waals surface area contributed by atoms with E-state index in [0.29, 0.717) is 0 Å². The van der Waals surface area contributed by atoms with Gasteiger partial charge in [0, 0.05) is 30.4 Å². The highest BCUT2D eigenvalue weighted by atomic mass is 16.6. The van der Waals surface area contributed by atoms with E-state index in [2.05, 4.69) is 10.4 Å². The van der Waals surface area contributed by atoms with Crippen LogP contribution >= 0.6 is 0 Å². The van der Waals surface area contributed by atoms with Crippen molar-refractivity contribution in [3.05, 3.63) is 51.3 Å². The van der Waals surface area contributed by atoms with Gasteiger partial charge in [-0.05, 0) is 26.0 Å². The summed E-state index contributed by atoms with van der Waals surface area (Å²) >= 11 is 0. The third-order valence-corrected chi connectivity index (χ3v) is 3.97. The number of carbonyl (C=O) groups is 2. The molecule has 0 saturated carbocycles. The van der Waals surface area contributed by atoms with Gasteiger partial charge in [0.1, 0.15) is 5.75 Å². The maximum atomic E-state index is 12.0. The molecule has 1 heterocycles. The number of hydrogen-bond acceptors (Lipinski definition) is 7. The van der Waals surface area contributed by atoms with Crippen molar-refractivity contribution in [2.45, 2.75) is 13.8 Å². The molecule has 0 atom stereocenters. The number of amides is 1. The summed E-state index contributed by atoms with van der Waals surface area (Å²) in [5.41, 5.74) is 2.52. The standard InChI is InChI=1S/C18H20N4O6/c1-11-14(12(2)21(3)20-11)6-8-18(24)28-10-17(23)19-15-7-5-13(22(25)26)9-16(15)27-4/h5-9H,10H2,1-4H3,(H,19,23)/b8-6+. The highest BCUT2D eigenvalue weighted by molar-refractivity contribution is 5.95. The van der Waals surface area contributed by atoms with Crippen molar-refractivity contribution >= 4 is 29.3 Å². The Bertz CT molecular complexity index is 948. The second-order valence-corrected chi connectivity index (χ2v) is 5.84. The molecule has 28 heavy (non-hydrogen) atoms. The summed E-state index contributed by atoms with van der Waals surface area (Å²) in [6.45, 7) is 3.17. The van der Waals surface area contributed by atoms with Gasteiger partial charge in [-0.25, -0.2) is 4.79 Å². The van der Waals surface area contributed by atoms with Gasteiger partial charge in [-0.3, -0.25) is 19.6 Å². The fourth-order valence-corrected chi connectivity index (χ4v) is 2.45. The maximum Gasteiger partial charge on any atom is 0.331 e. The van der Waals surface area contributed by atoms with Gasteiger partial charge in [0.05, 0.1) is 29.5 Å². The molecule has 0 fully saturated rings. The molecule has 0 bridgehead atoms. The topological polar surface area (TPSA) is 126 Å². The molecule has 2 aromatic rings. The van der Waals surface area contributed by atoms with Crippen molar-refractivity contribution < 1.29 is 24.0 Å². The quantitative estimate of drug-likeness (QED) is 0.333. The fraction of sp³-hybridized carbons (Fsp3) is 0.278.